The average Bonchev–Trinajstić information content (AvgIpc) is 2.61. The highest BCUT2D eigenvalue weighted by Crippen LogP contribution is 2.20. The summed E-state index contributed by atoms with van der Waals surface area (Å²) < 4.78 is 11.3. The number of hydrogen-bond acceptors (Lipinski definition) is 4. The molecule has 0 aliphatic heterocycles. The van der Waals surface area contributed by atoms with Crippen molar-refractivity contribution >= 4 is 11.7 Å². The van der Waals surface area contributed by atoms with Crippen molar-refractivity contribution in [1.29, 1.82) is 0 Å². The first-order valence-electron chi connectivity index (χ1n) is 7.54. The van der Waals surface area contributed by atoms with E-state index in [-0.39, 0.29) is 6.03 Å². The second-order valence-corrected chi connectivity index (χ2v) is 5.11. The molecule has 2 aromatic rings. The van der Waals surface area contributed by atoms with Gasteiger partial charge in [-0.05, 0) is 17.7 Å². The van der Waals surface area contributed by atoms with E-state index >= 15 is 0 Å². The van der Waals surface area contributed by atoms with Crippen molar-refractivity contribution in [3.8, 4) is 5.75 Å². The fourth-order valence-corrected chi connectivity index (χ4v) is 2.06. The van der Waals surface area contributed by atoms with Crippen LogP contribution in [0, 0.1) is 0 Å². The molecule has 2 amide bonds. The summed E-state index contributed by atoms with van der Waals surface area (Å²) in [5.41, 5.74) is 1.73. The molecule has 2 rings (SSSR count). The lowest BCUT2D eigenvalue weighted by Crippen LogP contribution is -2.30. The van der Waals surface area contributed by atoms with Gasteiger partial charge in [0.05, 0.1) is 7.11 Å². The van der Waals surface area contributed by atoms with Gasteiger partial charge in [0.25, 0.3) is 0 Å². The van der Waals surface area contributed by atoms with Crippen molar-refractivity contribution in [3.05, 3.63) is 60.2 Å². The number of anilines is 1. The normalized spacial score (nSPS) is 11.6. The van der Waals surface area contributed by atoms with Crippen LogP contribution >= 0.6 is 0 Å². The number of carbonyl (C=O) groups excluding carboxylic acids is 1. The van der Waals surface area contributed by atoms with Crippen LogP contribution < -0.4 is 10.1 Å². The number of benzene rings is 2. The molecule has 2 aromatic carbocycles. The molecular formula is C18H22N2O4. The number of carbonyl (C=O) groups is 1. The first-order valence-corrected chi connectivity index (χ1v) is 7.54. The van der Waals surface area contributed by atoms with Crippen LogP contribution in [0.5, 0.6) is 5.75 Å². The van der Waals surface area contributed by atoms with Gasteiger partial charge in [0.1, 0.15) is 5.75 Å². The summed E-state index contributed by atoms with van der Waals surface area (Å²) in [5, 5.41) is 3.81. The Morgan fingerprint density at radius 3 is 2.54 bits per heavy atom. The van der Waals surface area contributed by atoms with Crippen LogP contribution in [-0.2, 0) is 16.0 Å². The van der Waals surface area contributed by atoms with Gasteiger partial charge in [0.15, 0.2) is 0 Å². The Morgan fingerprint density at radius 1 is 1.12 bits per heavy atom. The molecule has 1 N–H and O–H groups in total. The molecule has 6 nitrogen and oxygen atoms in total. The SMILES string of the molecule is COC(Cc1ccccc1)Oc1cccc(NC(=O)N(C)OC)c1. The fraction of sp³-hybridized carbons (Fsp3) is 0.278. The first kappa shape index (κ1) is 17.8. The van der Waals surface area contributed by atoms with Gasteiger partial charge in [-0.1, -0.05) is 36.4 Å². The Hall–Kier alpha value is -2.57. The largest absolute Gasteiger partial charge is 0.465 e. The smallest absolute Gasteiger partial charge is 0.345 e. The lowest BCUT2D eigenvalue weighted by molar-refractivity contribution is -0.0598. The van der Waals surface area contributed by atoms with E-state index in [0.717, 1.165) is 10.6 Å². The van der Waals surface area contributed by atoms with Crippen molar-refractivity contribution in [2.24, 2.45) is 0 Å². The van der Waals surface area contributed by atoms with Crippen LogP contribution in [0.25, 0.3) is 0 Å². The molecule has 0 aromatic heterocycles. The molecule has 24 heavy (non-hydrogen) atoms. The third-order valence-corrected chi connectivity index (χ3v) is 3.42. The van der Waals surface area contributed by atoms with Crippen LogP contribution in [-0.4, -0.2) is 38.7 Å². The lowest BCUT2D eigenvalue weighted by atomic mass is 10.1. The van der Waals surface area contributed by atoms with Gasteiger partial charge in [0.2, 0.25) is 6.29 Å². The van der Waals surface area contributed by atoms with E-state index in [4.69, 9.17) is 14.3 Å². The van der Waals surface area contributed by atoms with Crippen molar-refractivity contribution < 1.29 is 19.1 Å². The van der Waals surface area contributed by atoms with Gasteiger partial charge in [-0.3, -0.25) is 4.84 Å². The average molecular weight is 330 g/mol. The summed E-state index contributed by atoms with van der Waals surface area (Å²) in [6.45, 7) is 0. The maximum atomic E-state index is 11.8. The Kier molecular flexibility index (Phi) is 6.60. The van der Waals surface area contributed by atoms with Crippen LogP contribution in [0.4, 0.5) is 10.5 Å². The highest BCUT2D eigenvalue weighted by Gasteiger charge is 2.12. The van der Waals surface area contributed by atoms with Gasteiger partial charge < -0.3 is 14.8 Å². The minimum Gasteiger partial charge on any atom is -0.465 e. The number of nitrogens with zero attached hydrogens (tertiary/aromatic N) is 1. The number of nitrogens with one attached hydrogen (secondary N) is 1. The van der Waals surface area contributed by atoms with Gasteiger partial charge in [-0.15, -0.1) is 0 Å². The minimum atomic E-state index is -0.417. The van der Waals surface area contributed by atoms with E-state index in [0.29, 0.717) is 17.9 Å². The highest BCUT2D eigenvalue weighted by molar-refractivity contribution is 5.88. The Bertz CT molecular complexity index is 648. The van der Waals surface area contributed by atoms with E-state index in [1.165, 1.54) is 14.2 Å². The van der Waals surface area contributed by atoms with E-state index in [9.17, 15) is 4.79 Å². The highest BCUT2D eigenvalue weighted by atomic mass is 16.7. The zero-order valence-electron chi connectivity index (χ0n) is 14.1. The summed E-state index contributed by atoms with van der Waals surface area (Å²) in [7, 11) is 4.55. The lowest BCUT2D eigenvalue weighted by Gasteiger charge is -2.19. The molecule has 0 saturated carbocycles. The number of rotatable bonds is 7. The fourth-order valence-electron chi connectivity index (χ4n) is 2.06. The van der Waals surface area contributed by atoms with Gasteiger partial charge >= 0.3 is 6.03 Å². The minimum absolute atomic E-state index is 0.373. The summed E-state index contributed by atoms with van der Waals surface area (Å²) in [4.78, 5) is 16.6. The van der Waals surface area contributed by atoms with Gasteiger partial charge in [-0.2, -0.15) is 0 Å². The van der Waals surface area contributed by atoms with E-state index < -0.39 is 6.29 Å². The number of methoxy groups -OCH3 is 1. The van der Waals surface area contributed by atoms with E-state index in [1.54, 1.807) is 25.3 Å². The van der Waals surface area contributed by atoms with E-state index in [1.807, 2.05) is 36.4 Å². The summed E-state index contributed by atoms with van der Waals surface area (Å²) in [6.07, 6.45) is 0.209. The van der Waals surface area contributed by atoms with Gasteiger partial charge in [-0.25, -0.2) is 9.86 Å². The summed E-state index contributed by atoms with van der Waals surface area (Å²) in [5.74, 6) is 0.607. The first-order chi connectivity index (χ1) is 11.6. The standard InChI is InChI=1S/C18H22N2O4/c1-20(23-3)18(21)19-15-10-7-11-16(13-15)24-17(22-2)12-14-8-5-4-6-9-14/h4-11,13,17H,12H2,1-3H3,(H,19,21). The van der Waals surface area contributed by atoms with E-state index in [2.05, 4.69) is 5.32 Å². The van der Waals surface area contributed by atoms with Gasteiger partial charge in [0, 0.05) is 32.3 Å². The Balaban J connectivity index is 2.00. The molecule has 0 bridgehead atoms. The topological polar surface area (TPSA) is 60.0 Å². The van der Waals surface area contributed by atoms with Crippen molar-refractivity contribution in [2.75, 3.05) is 26.6 Å². The van der Waals surface area contributed by atoms with Crippen molar-refractivity contribution in [3.63, 3.8) is 0 Å². The maximum Gasteiger partial charge on any atom is 0.345 e. The predicted octanol–water partition coefficient (Wildman–Crippen LogP) is 3.31. The molecule has 0 heterocycles. The molecule has 0 radical (unpaired) electrons. The Labute approximate surface area is 141 Å². The van der Waals surface area contributed by atoms with Crippen molar-refractivity contribution in [2.45, 2.75) is 12.7 Å². The van der Waals surface area contributed by atoms with Crippen molar-refractivity contribution in [1.82, 2.24) is 5.06 Å². The molecule has 6 heteroatoms. The third-order valence-electron chi connectivity index (χ3n) is 3.42. The second-order valence-electron chi connectivity index (χ2n) is 5.11. The number of hydroxylamine groups is 2. The monoisotopic (exact) mass is 330 g/mol. The summed E-state index contributed by atoms with van der Waals surface area (Å²) in [6, 6.07) is 16.7. The third kappa shape index (κ3) is 5.26. The molecule has 0 aliphatic rings. The number of hydrogen-bond donors (Lipinski definition) is 1. The maximum absolute atomic E-state index is 11.8. The van der Waals surface area contributed by atoms with Crippen LogP contribution in [0.3, 0.4) is 0 Å². The quantitative estimate of drug-likeness (QED) is 0.625. The molecule has 0 fully saturated rings. The second kappa shape index (κ2) is 8.90. The molecule has 0 spiro atoms. The predicted molar refractivity (Wildman–Crippen MR) is 91.8 cm³/mol. The molecule has 0 aliphatic carbocycles. The molecule has 1 atom stereocenters. The zero-order chi connectivity index (χ0) is 17.4. The van der Waals surface area contributed by atoms with Crippen LogP contribution in [0.1, 0.15) is 5.56 Å². The Morgan fingerprint density at radius 2 is 1.88 bits per heavy atom. The number of urea groups is 1. The zero-order valence-corrected chi connectivity index (χ0v) is 14.1. The molecule has 0 saturated heterocycles. The number of ether oxygens (including phenoxy) is 2. The summed E-state index contributed by atoms with van der Waals surface area (Å²) >= 11 is 0. The molecule has 1 unspecified atom stereocenters. The number of amides is 2. The molecular weight excluding hydrogens is 308 g/mol. The van der Waals surface area contributed by atoms with Crippen LogP contribution in [0.2, 0.25) is 0 Å². The molecule has 128 valence electrons. The van der Waals surface area contributed by atoms with Crippen LogP contribution in [0.15, 0.2) is 54.6 Å².